The number of methoxy groups -OCH3 is 1. The molecule has 0 aliphatic carbocycles. The topological polar surface area (TPSA) is 87.8 Å². The molecule has 0 aliphatic rings. The molecule has 0 atom stereocenters. The van der Waals surface area contributed by atoms with E-state index >= 15 is 0 Å². The lowest BCUT2D eigenvalue weighted by Crippen LogP contribution is -2.31. The van der Waals surface area contributed by atoms with Crippen molar-refractivity contribution in [3.8, 4) is 5.75 Å². The number of aliphatic hydroxyl groups excluding tert-OH is 1. The number of hydrogen-bond acceptors (Lipinski definition) is 5. The number of nitrogens with two attached hydrogens (primary N) is 1. The standard InChI is InChI=1S/C15H25N3O3/c1-3-7-18(9-10-19)8-6-15(20)17-13-11-12(16)4-5-14(13)21-2/h4-5,11,19H,3,6-10,16H2,1-2H3,(H,17,20). The van der Waals surface area contributed by atoms with Crippen molar-refractivity contribution in [2.45, 2.75) is 19.8 Å². The molecular formula is C15H25N3O3. The zero-order valence-corrected chi connectivity index (χ0v) is 12.8. The maximum atomic E-state index is 12.0. The molecule has 1 amide bonds. The minimum Gasteiger partial charge on any atom is -0.495 e. The summed E-state index contributed by atoms with van der Waals surface area (Å²) in [6.07, 6.45) is 1.35. The van der Waals surface area contributed by atoms with Gasteiger partial charge in [-0.15, -0.1) is 0 Å². The van der Waals surface area contributed by atoms with E-state index in [1.807, 2.05) is 0 Å². The largest absolute Gasteiger partial charge is 0.495 e. The maximum absolute atomic E-state index is 12.0. The van der Waals surface area contributed by atoms with Crippen molar-refractivity contribution < 1.29 is 14.6 Å². The summed E-state index contributed by atoms with van der Waals surface area (Å²) in [4.78, 5) is 14.1. The lowest BCUT2D eigenvalue weighted by Gasteiger charge is -2.20. The summed E-state index contributed by atoms with van der Waals surface area (Å²) in [5.41, 5.74) is 6.86. The smallest absolute Gasteiger partial charge is 0.225 e. The summed E-state index contributed by atoms with van der Waals surface area (Å²) in [6.45, 7) is 4.25. The van der Waals surface area contributed by atoms with Gasteiger partial charge in [-0.05, 0) is 31.2 Å². The minimum atomic E-state index is -0.0991. The first-order valence-electron chi connectivity index (χ1n) is 7.17. The summed E-state index contributed by atoms with van der Waals surface area (Å²) >= 11 is 0. The fourth-order valence-corrected chi connectivity index (χ4v) is 2.09. The predicted molar refractivity (Wildman–Crippen MR) is 84.5 cm³/mol. The Labute approximate surface area is 125 Å². The van der Waals surface area contributed by atoms with E-state index in [-0.39, 0.29) is 12.5 Å². The van der Waals surface area contributed by atoms with Crippen molar-refractivity contribution in [2.75, 3.05) is 44.4 Å². The molecule has 0 aliphatic heterocycles. The molecule has 0 saturated heterocycles. The number of ether oxygens (including phenoxy) is 1. The van der Waals surface area contributed by atoms with Gasteiger partial charge in [0.25, 0.3) is 0 Å². The van der Waals surface area contributed by atoms with E-state index in [2.05, 4.69) is 17.1 Å². The number of anilines is 2. The molecular weight excluding hydrogens is 270 g/mol. The first-order chi connectivity index (χ1) is 10.1. The molecule has 0 heterocycles. The first-order valence-corrected chi connectivity index (χ1v) is 7.17. The van der Waals surface area contributed by atoms with Gasteiger partial charge in [-0.2, -0.15) is 0 Å². The van der Waals surface area contributed by atoms with Gasteiger partial charge in [-0.25, -0.2) is 0 Å². The van der Waals surface area contributed by atoms with Crippen LogP contribution in [0.4, 0.5) is 11.4 Å². The molecule has 1 rings (SSSR count). The van der Waals surface area contributed by atoms with E-state index in [9.17, 15) is 4.79 Å². The molecule has 6 nitrogen and oxygen atoms in total. The van der Waals surface area contributed by atoms with Gasteiger partial charge in [0.05, 0.1) is 19.4 Å². The van der Waals surface area contributed by atoms with Crippen LogP contribution in [0.2, 0.25) is 0 Å². The van der Waals surface area contributed by atoms with Gasteiger partial charge < -0.3 is 25.8 Å². The summed E-state index contributed by atoms with van der Waals surface area (Å²) in [5, 5.41) is 11.8. The molecule has 118 valence electrons. The average molecular weight is 295 g/mol. The third kappa shape index (κ3) is 6.01. The Balaban J connectivity index is 2.55. The zero-order valence-electron chi connectivity index (χ0n) is 12.8. The number of aliphatic hydroxyl groups is 1. The van der Waals surface area contributed by atoms with Gasteiger partial charge >= 0.3 is 0 Å². The molecule has 0 unspecified atom stereocenters. The second-order valence-corrected chi connectivity index (χ2v) is 4.82. The van der Waals surface area contributed by atoms with Crippen LogP contribution in [0.25, 0.3) is 0 Å². The highest BCUT2D eigenvalue weighted by Gasteiger charge is 2.10. The van der Waals surface area contributed by atoms with Crippen LogP contribution >= 0.6 is 0 Å². The Hall–Kier alpha value is -1.79. The number of benzene rings is 1. The zero-order chi connectivity index (χ0) is 15.7. The normalized spacial score (nSPS) is 10.7. The highest BCUT2D eigenvalue weighted by molar-refractivity contribution is 5.93. The Morgan fingerprint density at radius 3 is 2.76 bits per heavy atom. The van der Waals surface area contributed by atoms with Crippen LogP contribution in [-0.2, 0) is 4.79 Å². The van der Waals surface area contributed by atoms with Crippen LogP contribution in [0.15, 0.2) is 18.2 Å². The van der Waals surface area contributed by atoms with E-state index in [0.29, 0.717) is 36.6 Å². The van der Waals surface area contributed by atoms with Gasteiger partial charge in [-0.1, -0.05) is 6.92 Å². The van der Waals surface area contributed by atoms with Crippen molar-refractivity contribution >= 4 is 17.3 Å². The van der Waals surface area contributed by atoms with Crippen LogP contribution in [-0.4, -0.2) is 49.3 Å². The third-order valence-electron chi connectivity index (χ3n) is 3.11. The summed E-state index contributed by atoms with van der Waals surface area (Å²) < 4.78 is 5.19. The van der Waals surface area contributed by atoms with Crippen molar-refractivity contribution in [1.82, 2.24) is 4.90 Å². The second-order valence-electron chi connectivity index (χ2n) is 4.82. The van der Waals surface area contributed by atoms with Gasteiger partial charge in [0.15, 0.2) is 0 Å². The monoisotopic (exact) mass is 295 g/mol. The molecule has 0 saturated carbocycles. The van der Waals surface area contributed by atoms with Crippen molar-refractivity contribution in [1.29, 1.82) is 0 Å². The molecule has 0 bridgehead atoms. The molecule has 6 heteroatoms. The van der Waals surface area contributed by atoms with Gasteiger partial charge in [0, 0.05) is 25.2 Å². The van der Waals surface area contributed by atoms with Crippen LogP contribution in [0.3, 0.4) is 0 Å². The summed E-state index contributed by atoms with van der Waals surface area (Å²) in [6, 6.07) is 5.12. The molecule has 4 N–H and O–H groups in total. The molecule has 1 aromatic rings. The number of carbonyl (C=O) groups excluding carboxylic acids is 1. The SMILES string of the molecule is CCCN(CCO)CCC(=O)Nc1cc(N)ccc1OC. The van der Waals surface area contributed by atoms with E-state index in [0.717, 1.165) is 13.0 Å². The number of carbonyl (C=O) groups is 1. The Morgan fingerprint density at radius 1 is 1.38 bits per heavy atom. The lowest BCUT2D eigenvalue weighted by atomic mass is 10.2. The van der Waals surface area contributed by atoms with E-state index in [1.165, 1.54) is 0 Å². The number of hydrogen-bond donors (Lipinski definition) is 3. The quantitative estimate of drug-likeness (QED) is 0.598. The van der Waals surface area contributed by atoms with Crippen molar-refractivity contribution in [3.63, 3.8) is 0 Å². The average Bonchev–Trinajstić information content (AvgIpc) is 2.45. The van der Waals surface area contributed by atoms with Gasteiger partial charge in [0.1, 0.15) is 5.75 Å². The van der Waals surface area contributed by atoms with E-state index < -0.39 is 0 Å². The van der Waals surface area contributed by atoms with E-state index in [1.54, 1.807) is 25.3 Å². The lowest BCUT2D eigenvalue weighted by molar-refractivity contribution is -0.116. The Kier molecular flexibility index (Phi) is 7.56. The molecule has 0 spiro atoms. The van der Waals surface area contributed by atoms with Crippen LogP contribution in [0.1, 0.15) is 19.8 Å². The Bertz CT molecular complexity index is 446. The molecule has 0 fully saturated rings. The fraction of sp³-hybridized carbons (Fsp3) is 0.533. The molecule has 0 aromatic heterocycles. The van der Waals surface area contributed by atoms with Crippen LogP contribution in [0.5, 0.6) is 5.75 Å². The summed E-state index contributed by atoms with van der Waals surface area (Å²) in [7, 11) is 1.55. The highest BCUT2D eigenvalue weighted by Crippen LogP contribution is 2.26. The second kappa shape index (κ2) is 9.20. The van der Waals surface area contributed by atoms with Crippen LogP contribution < -0.4 is 15.8 Å². The van der Waals surface area contributed by atoms with Crippen molar-refractivity contribution in [3.05, 3.63) is 18.2 Å². The fourth-order valence-electron chi connectivity index (χ4n) is 2.09. The number of amides is 1. The maximum Gasteiger partial charge on any atom is 0.225 e. The van der Waals surface area contributed by atoms with Crippen molar-refractivity contribution in [2.24, 2.45) is 0 Å². The molecule has 1 aromatic carbocycles. The number of nitrogens with zero attached hydrogens (tertiary/aromatic N) is 1. The molecule has 21 heavy (non-hydrogen) atoms. The first kappa shape index (κ1) is 17.3. The predicted octanol–water partition coefficient (Wildman–Crippen LogP) is 1.31. The minimum absolute atomic E-state index is 0.0991. The van der Waals surface area contributed by atoms with Crippen LogP contribution in [0, 0.1) is 0 Å². The molecule has 0 radical (unpaired) electrons. The Morgan fingerprint density at radius 2 is 2.14 bits per heavy atom. The van der Waals surface area contributed by atoms with Gasteiger partial charge in [-0.3, -0.25) is 4.79 Å². The third-order valence-corrected chi connectivity index (χ3v) is 3.11. The number of nitrogens with one attached hydrogen (secondary N) is 1. The van der Waals surface area contributed by atoms with Gasteiger partial charge in [0.2, 0.25) is 5.91 Å². The highest BCUT2D eigenvalue weighted by atomic mass is 16.5. The number of rotatable bonds is 9. The summed E-state index contributed by atoms with van der Waals surface area (Å²) in [5.74, 6) is 0.483. The van der Waals surface area contributed by atoms with E-state index in [4.69, 9.17) is 15.6 Å². The number of nitrogen functional groups attached to an aromatic ring is 1.